The molecule has 0 aliphatic carbocycles. The van der Waals surface area contributed by atoms with Crippen molar-refractivity contribution >= 4 is 23.3 Å². The maximum absolute atomic E-state index is 5.71. The predicted molar refractivity (Wildman–Crippen MR) is 91.7 cm³/mol. The molecule has 23 heavy (non-hydrogen) atoms. The van der Waals surface area contributed by atoms with Crippen molar-refractivity contribution in [1.29, 1.82) is 0 Å². The summed E-state index contributed by atoms with van der Waals surface area (Å²) in [4.78, 5) is 4.42. The monoisotopic (exact) mass is 309 g/mol. The smallest absolute Gasteiger partial charge is 0.220 e. The van der Waals surface area contributed by atoms with Crippen molar-refractivity contribution in [1.82, 2.24) is 4.98 Å². The van der Waals surface area contributed by atoms with E-state index in [9.17, 15) is 0 Å². The Labute approximate surface area is 135 Å². The fraction of sp³-hybridized carbons (Fsp3) is 0.211. The highest BCUT2D eigenvalue weighted by Crippen LogP contribution is 2.29. The zero-order valence-corrected chi connectivity index (χ0v) is 13.4. The van der Waals surface area contributed by atoms with Crippen LogP contribution in [-0.2, 0) is 0 Å². The minimum Gasteiger partial charge on any atom is -0.493 e. The van der Waals surface area contributed by atoms with Gasteiger partial charge in [-0.2, -0.15) is 0 Å². The minimum absolute atomic E-state index is 0.102. The molecule has 4 nitrogen and oxygen atoms in total. The van der Waals surface area contributed by atoms with Gasteiger partial charge in [0.1, 0.15) is 5.52 Å². The summed E-state index contributed by atoms with van der Waals surface area (Å²) in [5.41, 5.74) is 2.62. The van der Waals surface area contributed by atoms with Crippen LogP contribution in [0.15, 0.2) is 46.9 Å². The second-order valence-corrected chi connectivity index (χ2v) is 5.43. The molecule has 0 bridgehead atoms. The Morgan fingerprint density at radius 3 is 2.61 bits per heavy atom. The van der Waals surface area contributed by atoms with E-state index in [-0.39, 0.29) is 6.10 Å². The predicted octanol–water partition coefficient (Wildman–Crippen LogP) is 4.79. The van der Waals surface area contributed by atoms with E-state index in [0.717, 1.165) is 22.4 Å². The molecular formula is C19H19NO3. The van der Waals surface area contributed by atoms with Crippen LogP contribution >= 0.6 is 0 Å². The second-order valence-electron chi connectivity index (χ2n) is 5.43. The normalized spacial score (nSPS) is 11.5. The van der Waals surface area contributed by atoms with Crippen molar-refractivity contribution in [2.75, 3.05) is 7.11 Å². The summed E-state index contributed by atoms with van der Waals surface area (Å²) in [6, 6.07) is 13.5. The summed E-state index contributed by atoms with van der Waals surface area (Å²) in [6.45, 7) is 3.97. The molecule has 0 amide bonds. The van der Waals surface area contributed by atoms with E-state index in [2.05, 4.69) is 4.98 Å². The molecule has 0 N–H and O–H groups in total. The molecule has 1 aromatic heterocycles. The van der Waals surface area contributed by atoms with Gasteiger partial charge in [-0.3, -0.25) is 0 Å². The van der Waals surface area contributed by atoms with Crippen molar-refractivity contribution in [3.63, 3.8) is 0 Å². The van der Waals surface area contributed by atoms with E-state index in [4.69, 9.17) is 13.9 Å². The van der Waals surface area contributed by atoms with Gasteiger partial charge in [0.2, 0.25) is 5.89 Å². The second kappa shape index (κ2) is 6.57. The average molecular weight is 309 g/mol. The van der Waals surface area contributed by atoms with E-state index in [1.807, 2.05) is 68.5 Å². The lowest BCUT2D eigenvalue weighted by Gasteiger charge is -2.13. The number of benzene rings is 2. The van der Waals surface area contributed by atoms with Gasteiger partial charge >= 0.3 is 0 Å². The zero-order valence-electron chi connectivity index (χ0n) is 13.4. The number of oxazole rings is 1. The number of hydrogen-bond donors (Lipinski definition) is 0. The zero-order chi connectivity index (χ0) is 16.2. The Bertz CT molecular complexity index is 801. The standard InChI is InChI=1S/C19H19NO3/c1-13(2)22-17-10-8-14(12-18(17)21-3)9-11-19-20-15-6-4-5-7-16(15)23-19/h4-13H,1-3H3. The van der Waals surface area contributed by atoms with Crippen molar-refractivity contribution < 1.29 is 13.9 Å². The molecule has 0 saturated carbocycles. The lowest BCUT2D eigenvalue weighted by atomic mass is 10.2. The molecule has 0 atom stereocenters. The molecule has 0 aliphatic heterocycles. The van der Waals surface area contributed by atoms with Crippen molar-refractivity contribution in [3.05, 3.63) is 53.9 Å². The molecule has 1 heterocycles. The van der Waals surface area contributed by atoms with Gasteiger partial charge in [0, 0.05) is 6.08 Å². The van der Waals surface area contributed by atoms with Gasteiger partial charge in [-0.05, 0) is 49.8 Å². The first-order valence-corrected chi connectivity index (χ1v) is 7.54. The highest BCUT2D eigenvalue weighted by Gasteiger charge is 2.07. The number of rotatable bonds is 5. The van der Waals surface area contributed by atoms with Gasteiger partial charge in [0.05, 0.1) is 13.2 Å². The van der Waals surface area contributed by atoms with Crippen LogP contribution < -0.4 is 9.47 Å². The largest absolute Gasteiger partial charge is 0.493 e. The third kappa shape index (κ3) is 3.54. The SMILES string of the molecule is COc1cc(C=Cc2nc3ccccc3o2)ccc1OC(C)C. The Morgan fingerprint density at radius 1 is 1.04 bits per heavy atom. The number of ether oxygens (including phenoxy) is 2. The number of para-hydroxylation sites is 2. The number of methoxy groups -OCH3 is 1. The summed E-state index contributed by atoms with van der Waals surface area (Å²) in [7, 11) is 1.64. The molecule has 2 aromatic carbocycles. The van der Waals surface area contributed by atoms with Crippen molar-refractivity contribution in [2.24, 2.45) is 0 Å². The van der Waals surface area contributed by atoms with E-state index in [1.165, 1.54) is 0 Å². The van der Waals surface area contributed by atoms with Crippen molar-refractivity contribution in [2.45, 2.75) is 20.0 Å². The van der Waals surface area contributed by atoms with Gasteiger partial charge in [-0.15, -0.1) is 0 Å². The maximum Gasteiger partial charge on any atom is 0.220 e. The third-order valence-electron chi connectivity index (χ3n) is 3.28. The van der Waals surface area contributed by atoms with Crippen LogP contribution in [0.1, 0.15) is 25.3 Å². The number of fused-ring (bicyclic) bond motifs is 1. The molecule has 0 unspecified atom stereocenters. The fourth-order valence-corrected chi connectivity index (χ4v) is 2.27. The molecule has 4 heteroatoms. The van der Waals surface area contributed by atoms with Crippen LogP contribution in [0.25, 0.3) is 23.3 Å². The van der Waals surface area contributed by atoms with Gasteiger partial charge in [0.25, 0.3) is 0 Å². The van der Waals surface area contributed by atoms with E-state index >= 15 is 0 Å². The Balaban J connectivity index is 1.84. The van der Waals surface area contributed by atoms with Crippen LogP contribution in [-0.4, -0.2) is 18.2 Å². The molecule has 0 aliphatic rings. The van der Waals surface area contributed by atoms with Gasteiger partial charge < -0.3 is 13.9 Å². The Kier molecular flexibility index (Phi) is 4.33. The number of nitrogens with zero attached hydrogens (tertiary/aromatic N) is 1. The first-order chi connectivity index (χ1) is 11.2. The quantitative estimate of drug-likeness (QED) is 0.679. The summed E-state index contributed by atoms with van der Waals surface area (Å²) in [6.07, 6.45) is 3.88. The summed E-state index contributed by atoms with van der Waals surface area (Å²) >= 11 is 0. The molecular weight excluding hydrogens is 290 g/mol. The highest BCUT2D eigenvalue weighted by molar-refractivity contribution is 5.76. The van der Waals surface area contributed by atoms with E-state index in [1.54, 1.807) is 7.11 Å². The topological polar surface area (TPSA) is 44.5 Å². The van der Waals surface area contributed by atoms with Crippen LogP contribution in [0.5, 0.6) is 11.5 Å². The fourth-order valence-electron chi connectivity index (χ4n) is 2.27. The maximum atomic E-state index is 5.71. The summed E-state index contributed by atoms with van der Waals surface area (Å²) in [5.74, 6) is 2.02. The van der Waals surface area contributed by atoms with Gasteiger partial charge in [-0.1, -0.05) is 18.2 Å². The Hall–Kier alpha value is -2.75. The van der Waals surface area contributed by atoms with E-state index < -0.39 is 0 Å². The molecule has 3 aromatic rings. The van der Waals surface area contributed by atoms with Crippen LogP contribution in [0.4, 0.5) is 0 Å². The molecule has 0 radical (unpaired) electrons. The van der Waals surface area contributed by atoms with Crippen molar-refractivity contribution in [3.8, 4) is 11.5 Å². The van der Waals surface area contributed by atoms with Crippen LogP contribution in [0.3, 0.4) is 0 Å². The van der Waals surface area contributed by atoms with Gasteiger partial charge in [0.15, 0.2) is 17.1 Å². The first kappa shape index (κ1) is 15.2. The van der Waals surface area contributed by atoms with E-state index in [0.29, 0.717) is 11.6 Å². The summed E-state index contributed by atoms with van der Waals surface area (Å²) < 4.78 is 16.8. The van der Waals surface area contributed by atoms with Gasteiger partial charge in [-0.25, -0.2) is 4.98 Å². The lowest BCUT2D eigenvalue weighted by molar-refractivity contribution is 0.230. The molecule has 118 valence electrons. The summed E-state index contributed by atoms with van der Waals surface area (Å²) in [5, 5.41) is 0. The van der Waals surface area contributed by atoms with Crippen LogP contribution in [0.2, 0.25) is 0 Å². The van der Waals surface area contributed by atoms with Crippen LogP contribution in [0, 0.1) is 0 Å². The Morgan fingerprint density at radius 2 is 1.87 bits per heavy atom. The number of hydrogen-bond acceptors (Lipinski definition) is 4. The molecule has 3 rings (SSSR count). The average Bonchev–Trinajstić information content (AvgIpc) is 2.96. The molecule has 0 saturated heterocycles. The number of aromatic nitrogens is 1. The molecule has 0 spiro atoms. The third-order valence-corrected chi connectivity index (χ3v) is 3.28. The highest BCUT2D eigenvalue weighted by atomic mass is 16.5. The molecule has 0 fully saturated rings. The first-order valence-electron chi connectivity index (χ1n) is 7.54. The lowest BCUT2D eigenvalue weighted by Crippen LogP contribution is -2.06. The minimum atomic E-state index is 0.102.